The number of halogens is 1. The molecule has 98 valence electrons. The van der Waals surface area contributed by atoms with Gasteiger partial charge in [0, 0.05) is 21.8 Å². The molecule has 0 aliphatic heterocycles. The van der Waals surface area contributed by atoms with Crippen LogP contribution in [-0.4, -0.2) is 11.9 Å². The van der Waals surface area contributed by atoms with Crippen LogP contribution in [0.5, 0.6) is 0 Å². The lowest BCUT2D eigenvalue weighted by Gasteiger charge is -2.29. The smallest absolute Gasteiger partial charge is 0.251 e. The average molecular weight is 311 g/mol. The zero-order valence-electron chi connectivity index (χ0n) is 10.6. The van der Waals surface area contributed by atoms with E-state index in [9.17, 15) is 4.79 Å². The number of carbonyl (C=O) groups excluding carboxylic acids is 1. The highest BCUT2D eigenvalue weighted by atomic mass is 79.9. The summed E-state index contributed by atoms with van der Waals surface area (Å²) in [7, 11) is 0. The van der Waals surface area contributed by atoms with Gasteiger partial charge in [0.25, 0.3) is 5.91 Å². The minimum absolute atomic E-state index is 0.0204. The maximum atomic E-state index is 12.1. The van der Waals surface area contributed by atoms with E-state index in [1.54, 1.807) is 12.1 Å². The Morgan fingerprint density at radius 1 is 1.39 bits per heavy atom. The third kappa shape index (κ3) is 3.05. The van der Waals surface area contributed by atoms with Crippen molar-refractivity contribution in [1.82, 2.24) is 5.32 Å². The SMILES string of the molecule is CC1CCCCC1NC(=O)c1ccc(Br)c(N)c1. The molecule has 0 saturated heterocycles. The number of carbonyl (C=O) groups is 1. The minimum atomic E-state index is -0.0204. The fraction of sp³-hybridized carbons (Fsp3) is 0.500. The molecule has 3 nitrogen and oxygen atoms in total. The van der Waals surface area contributed by atoms with Gasteiger partial charge in [-0.3, -0.25) is 4.79 Å². The first-order valence-corrected chi connectivity index (χ1v) is 7.23. The van der Waals surface area contributed by atoms with Crippen molar-refractivity contribution < 1.29 is 4.79 Å². The molecule has 0 spiro atoms. The van der Waals surface area contributed by atoms with E-state index in [0.29, 0.717) is 23.2 Å². The number of hydrogen-bond acceptors (Lipinski definition) is 2. The molecule has 1 amide bonds. The molecular weight excluding hydrogens is 292 g/mol. The van der Waals surface area contributed by atoms with Crippen LogP contribution in [0, 0.1) is 5.92 Å². The van der Waals surface area contributed by atoms with Gasteiger partial charge < -0.3 is 11.1 Å². The lowest BCUT2D eigenvalue weighted by molar-refractivity contribution is 0.0910. The van der Waals surface area contributed by atoms with Gasteiger partial charge in [-0.2, -0.15) is 0 Å². The van der Waals surface area contributed by atoms with E-state index in [0.717, 1.165) is 10.9 Å². The number of nitrogen functional groups attached to an aromatic ring is 1. The summed E-state index contributed by atoms with van der Waals surface area (Å²) in [6.45, 7) is 2.21. The Kier molecular flexibility index (Phi) is 4.27. The van der Waals surface area contributed by atoms with Crippen LogP contribution >= 0.6 is 15.9 Å². The van der Waals surface area contributed by atoms with Crippen LogP contribution < -0.4 is 11.1 Å². The van der Waals surface area contributed by atoms with Gasteiger partial charge in [-0.15, -0.1) is 0 Å². The zero-order chi connectivity index (χ0) is 13.1. The van der Waals surface area contributed by atoms with Gasteiger partial charge in [0.15, 0.2) is 0 Å². The van der Waals surface area contributed by atoms with E-state index in [1.165, 1.54) is 19.3 Å². The monoisotopic (exact) mass is 310 g/mol. The second kappa shape index (κ2) is 5.74. The summed E-state index contributed by atoms with van der Waals surface area (Å²) in [5, 5.41) is 3.12. The van der Waals surface area contributed by atoms with Crippen molar-refractivity contribution in [3.05, 3.63) is 28.2 Å². The predicted molar refractivity (Wildman–Crippen MR) is 77.4 cm³/mol. The first-order chi connectivity index (χ1) is 8.58. The molecule has 1 saturated carbocycles. The largest absolute Gasteiger partial charge is 0.398 e. The summed E-state index contributed by atoms with van der Waals surface area (Å²) >= 11 is 3.33. The molecule has 1 aromatic carbocycles. The Hall–Kier alpha value is -1.03. The Balaban J connectivity index is 2.04. The first kappa shape index (κ1) is 13.4. The van der Waals surface area contributed by atoms with Crippen LogP contribution in [0.2, 0.25) is 0 Å². The average Bonchev–Trinajstić information content (AvgIpc) is 2.35. The Labute approximate surface area is 116 Å². The van der Waals surface area contributed by atoms with Crippen LogP contribution in [0.4, 0.5) is 5.69 Å². The molecule has 1 fully saturated rings. The van der Waals surface area contributed by atoms with Crippen LogP contribution in [0.3, 0.4) is 0 Å². The van der Waals surface area contributed by atoms with Gasteiger partial charge in [0.05, 0.1) is 0 Å². The van der Waals surface area contributed by atoms with E-state index in [2.05, 4.69) is 28.2 Å². The van der Waals surface area contributed by atoms with Crippen molar-refractivity contribution >= 4 is 27.5 Å². The summed E-state index contributed by atoms with van der Waals surface area (Å²) in [6.07, 6.45) is 4.77. The summed E-state index contributed by atoms with van der Waals surface area (Å²) in [6, 6.07) is 5.63. The van der Waals surface area contributed by atoms with E-state index >= 15 is 0 Å². The zero-order valence-corrected chi connectivity index (χ0v) is 12.2. The van der Waals surface area contributed by atoms with Gasteiger partial charge in [0.1, 0.15) is 0 Å². The number of nitrogens with one attached hydrogen (secondary N) is 1. The quantitative estimate of drug-likeness (QED) is 0.823. The van der Waals surface area contributed by atoms with Crippen molar-refractivity contribution in [3.63, 3.8) is 0 Å². The molecule has 3 N–H and O–H groups in total. The fourth-order valence-electron chi connectivity index (χ4n) is 2.47. The second-order valence-electron chi connectivity index (χ2n) is 5.08. The summed E-state index contributed by atoms with van der Waals surface area (Å²) < 4.78 is 0.824. The Morgan fingerprint density at radius 3 is 2.78 bits per heavy atom. The standard InChI is InChI=1S/C14H19BrN2O/c1-9-4-2-3-5-13(9)17-14(18)10-6-7-11(15)12(16)8-10/h6-9,13H,2-5,16H2,1H3,(H,17,18). The summed E-state index contributed by atoms with van der Waals surface area (Å²) in [5.74, 6) is 0.545. The number of nitrogens with two attached hydrogens (primary N) is 1. The van der Waals surface area contributed by atoms with Crippen molar-refractivity contribution in [3.8, 4) is 0 Å². The van der Waals surface area contributed by atoms with E-state index in [4.69, 9.17) is 5.73 Å². The molecular formula is C14H19BrN2O. The lowest BCUT2D eigenvalue weighted by Crippen LogP contribution is -2.41. The maximum Gasteiger partial charge on any atom is 0.251 e. The van der Waals surface area contributed by atoms with Gasteiger partial charge in [-0.1, -0.05) is 19.8 Å². The molecule has 0 bridgehead atoms. The van der Waals surface area contributed by atoms with Crippen molar-refractivity contribution in [2.24, 2.45) is 5.92 Å². The van der Waals surface area contributed by atoms with Crippen LogP contribution in [0.25, 0.3) is 0 Å². The topological polar surface area (TPSA) is 55.1 Å². The van der Waals surface area contributed by atoms with Gasteiger partial charge in [-0.05, 0) is 52.9 Å². The number of amides is 1. The van der Waals surface area contributed by atoms with Gasteiger partial charge >= 0.3 is 0 Å². The maximum absolute atomic E-state index is 12.1. The highest BCUT2D eigenvalue weighted by molar-refractivity contribution is 9.10. The van der Waals surface area contributed by atoms with E-state index in [1.807, 2.05) is 6.07 Å². The van der Waals surface area contributed by atoms with Crippen molar-refractivity contribution in [1.29, 1.82) is 0 Å². The predicted octanol–water partition coefficient (Wildman–Crippen LogP) is 3.34. The molecule has 0 heterocycles. The van der Waals surface area contributed by atoms with Crippen molar-refractivity contribution in [2.75, 3.05) is 5.73 Å². The lowest BCUT2D eigenvalue weighted by atomic mass is 9.86. The van der Waals surface area contributed by atoms with Crippen molar-refractivity contribution in [2.45, 2.75) is 38.6 Å². The van der Waals surface area contributed by atoms with E-state index in [-0.39, 0.29) is 5.91 Å². The fourth-order valence-corrected chi connectivity index (χ4v) is 2.71. The third-order valence-corrected chi connectivity index (χ3v) is 4.41. The molecule has 4 heteroatoms. The normalized spacial score (nSPS) is 23.7. The molecule has 1 aliphatic rings. The summed E-state index contributed by atoms with van der Waals surface area (Å²) in [4.78, 5) is 12.1. The molecule has 1 aromatic rings. The molecule has 2 rings (SSSR count). The highest BCUT2D eigenvalue weighted by Gasteiger charge is 2.23. The highest BCUT2D eigenvalue weighted by Crippen LogP contribution is 2.25. The third-order valence-electron chi connectivity index (χ3n) is 3.69. The number of rotatable bonds is 2. The number of anilines is 1. The minimum Gasteiger partial charge on any atom is -0.398 e. The second-order valence-corrected chi connectivity index (χ2v) is 5.93. The number of benzene rings is 1. The van der Waals surface area contributed by atoms with Crippen LogP contribution in [-0.2, 0) is 0 Å². The molecule has 1 aliphatic carbocycles. The molecule has 0 aromatic heterocycles. The first-order valence-electron chi connectivity index (χ1n) is 6.44. The van der Waals surface area contributed by atoms with Gasteiger partial charge in [0.2, 0.25) is 0 Å². The van der Waals surface area contributed by atoms with Crippen LogP contribution in [0.1, 0.15) is 43.0 Å². The Bertz CT molecular complexity index is 447. The summed E-state index contributed by atoms with van der Waals surface area (Å²) in [5.41, 5.74) is 7.02. The molecule has 18 heavy (non-hydrogen) atoms. The Morgan fingerprint density at radius 2 is 2.11 bits per heavy atom. The van der Waals surface area contributed by atoms with E-state index < -0.39 is 0 Å². The van der Waals surface area contributed by atoms with Gasteiger partial charge in [-0.25, -0.2) is 0 Å². The molecule has 2 unspecified atom stereocenters. The number of hydrogen-bond donors (Lipinski definition) is 2. The molecule has 2 atom stereocenters. The van der Waals surface area contributed by atoms with Crippen LogP contribution in [0.15, 0.2) is 22.7 Å². The molecule has 0 radical (unpaired) electrons.